The van der Waals surface area contributed by atoms with Gasteiger partial charge in [0.1, 0.15) is 0 Å². The number of carbonyl (C=O) groups is 2. The van der Waals surface area contributed by atoms with Crippen LogP contribution < -0.4 is 5.32 Å². The number of carbonyl (C=O) groups excluding carboxylic acids is 2. The molecule has 3 aromatic rings. The summed E-state index contributed by atoms with van der Waals surface area (Å²) in [5.41, 5.74) is 4.11. The monoisotopic (exact) mass is 458 g/mol. The fourth-order valence-corrected chi connectivity index (χ4v) is 4.83. The topological polar surface area (TPSA) is 49.4 Å². The molecule has 0 aromatic heterocycles. The SMILES string of the molecule is Cc1ccc(SCc2ccc(C(=O)Nc3ccccc3C(=O)N3CCCCCC3)cc2)cc1. The molecule has 1 saturated heterocycles. The summed E-state index contributed by atoms with van der Waals surface area (Å²) in [6.07, 6.45) is 4.41. The maximum Gasteiger partial charge on any atom is 0.255 e. The first kappa shape index (κ1) is 23.1. The summed E-state index contributed by atoms with van der Waals surface area (Å²) in [5, 5.41) is 2.95. The van der Waals surface area contributed by atoms with Crippen LogP contribution in [0.15, 0.2) is 77.7 Å². The Balaban J connectivity index is 1.40. The van der Waals surface area contributed by atoms with Crippen molar-refractivity contribution in [1.82, 2.24) is 4.90 Å². The van der Waals surface area contributed by atoms with Gasteiger partial charge >= 0.3 is 0 Å². The van der Waals surface area contributed by atoms with Crippen molar-refractivity contribution in [3.8, 4) is 0 Å². The molecule has 0 saturated carbocycles. The highest BCUT2D eigenvalue weighted by atomic mass is 32.2. The second-order valence-corrected chi connectivity index (χ2v) is 9.55. The van der Waals surface area contributed by atoms with Crippen LogP contribution in [0.25, 0.3) is 0 Å². The van der Waals surface area contributed by atoms with E-state index in [1.54, 1.807) is 23.9 Å². The Hall–Kier alpha value is -3.05. The standard InChI is InChI=1S/C28H30N2O2S/c1-21-10-16-24(17-11-21)33-20-22-12-14-23(15-13-22)27(31)29-26-9-5-4-8-25(26)28(32)30-18-6-2-3-7-19-30/h4-5,8-17H,2-3,6-7,18-20H2,1H3,(H,29,31). The van der Waals surface area contributed by atoms with E-state index in [2.05, 4.69) is 36.5 Å². The first-order chi connectivity index (χ1) is 16.1. The summed E-state index contributed by atoms with van der Waals surface area (Å²) in [5.74, 6) is 0.637. The van der Waals surface area contributed by atoms with Crippen LogP contribution in [0.2, 0.25) is 0 Å². The molecule has 5 heteroatoms. The minimum Gasteiger partial charge on any atom is -0.339 e. The van der Waals surface area contributed by atoms with Gasteiger partial charge in [-0.2, -0.15) is 0 Å². The van der Waals surface area contributed by atoms with Crippen LogP contribution in [0.3, 0.4) is 0 Å². The van der Waals surface area contributed by atoms with E-state index in [0.717, 1.165) is 37.2 Å². The van der Waals surface area contributed by atoms with Crippen LogP contribution in [-0.4, -0.2) is 29.8 Å². The zero-order valence-electron chi connectivity index (χ0n) is 19.0. The van der Waals surface area contributed by atoms with E-state index in [4.69, 9.17) is 0 Å². The number of benzene rings is 3. The molecule has 0 radical (unpaired) electrons. The Morgan fingerprint density at radius 2 is 1.52 bits per heavy atom. The van der Waals surface area contributed by atoms with Crippen molar-refractivity contribution >= 4 is 29.3 Å². The highest BCUT2D eigenvalue weighted by Gasteiger charge is 2.20. The fourth-order valence-electron chi connectivity index (χ4n) is 3.97. The summed E-state index contributed by atoms with van der Waals surface area (Å²) in [7, 11) is 0. The van der Waals surface area contributed by atoms with Gasteiger partial charge in [-0.1, -0.05) is 54.8 Å². The van der Waals surface area contributed by atoms with Gasteiger partial charge in [-0.15, -0.1) is 11.8 Å². The molecule has 3 aromatic carbocycles. The minimum absolute atomic E-state index is 0.00345. The Labute approximate surface area is 200 Å². The molecule has 4 rings (SSSR count). The molecule has 1 N–H and O–H groups in total. The van der Waals surface area contributed by atoms with Crippen LogP contribution in [0, 0.1) is 6.92 Å². The van der Waals surface area contributed by atoms with E-state index in [1.165, 1.54) is 23.3 Å². The Kier molecular flexibility index (Phi) is 7.84. The zero-order chi connectivity index (χ0) is 23.0. The molecule has 1 aliphatic rings. The number of anilines is 1. The molecule has 0 aliphatic carbocycles. The van der Waals surface area contributed by atoms with Gasteiger partial charge in [0.25, 0.3) is 11.8 Å². The molecule has 4 nitrogen and oxygen atoms in total. The number of thioether (sulfide) groups is 1. The van der Waals surface area contributed by atoms with Crippen LogP contribution >= 0.6 is 11.8 Å². The van der Waals surface area contributed by atoms with E-state index < -0.39 is 0 Å². The second-order valence-electron chi connectivity index (χ2n) is 8.50. The van der Waals surface area contributed by atoms with E-state index in [-0.39, 0.29) is 11.8 Å². The lowest BCUT2D eigenvalue weighted by molar-refractivity contribution is 0.0762. The van der Waals surface area contributed by atoms with Crippen LogP contribution in [0.4, 0.5) is 5.69 Å². The van der Waals surface area contributed by atoms with Gasteiger partial charge in [-0.25, -0.2) is 0 Å². The molecule has 0 bridgehead atoms. The summed E-state index contributed by atoms with van der Waals surface area (Å²) < 4.78 is 0. The molecule has 1 aliphatic heterocycles. The highest BCUT2D eigenvalue weighted by molar-refractivity contribution is 7.98. The number of nitrogens with one attached hydrogen (secondary N) is 1. The lowest BCUT2D eigenvalue weighted by Crippen LogP contribution is -2.32. The minimum atomic E-state index is -0.205. The van der Waals surface area contributed by atoms with Crippen molar-refractivity contribution in [3.05, 3.63) is 95.1 Å². The molecule has 0 atom stereocenters. The van der Waals surface area contributed by atoms with Crippen LogP contribution in [0.5, 0.6) is 0 Å². The Morgan fingerprint density at radius 3 is 2.21 bits per heavy atom. The average molecular weight is 459 g/mol. The molecule has 170 valence electrons. The van der Waals surface area contributed by atoms with Gasteiger partial charge in [0.15, 0.2) is 0 Å². The van der Waals surface area contributed by atoms with Gasteiger partial charge < -0.3 is 10.2 Å². The highest BCUT2D eigenvalue weighted by Crippen LogP contribution is 2.24. The zero-order valence-corrected chi connectivity index (χ0v) is 19.9. The third kappa shape index (κ3) is 6.26. The van der Waals surface area contributed by atoms with Crippen LogP contribution in [-0.2, 0) is 5.75 Å². The third-order valence-corrected chi connectivity index (χ3v) is 7.02. The maximum atomic E-state index is 13.1. The van der Waals surface area contributed by atoms with Gasteiger partial charge in [-0.05, 0) is 61.7 Å². The molecule has 33 heavy (non-hydrogen) atoms. The Morgan fingerprint density at radius 1 is 0.848 bits per heavy atom. The lowest BCUT2D eigenvalue weighted by atomic mass is 10.1. The molecule has 1 heterocycles. The number of likely N-dealkylation sites (tertiary alicyclic amines) is 1. The van der Waals surface area contributed by atoms with Crippen molar-refractivity contribution < 1.29 is 9.59 Å². The maximum absolute atomic E-state index is 13.1. The normalized spacial score (nSPS) is 13.9. The number of hydrogen-bond donors (Lipinski definition) is 1. The van der Waals surface area contributed by atoms with E-state index in [9.17, 15) is 9.59 Å². The quantitative estimate of drug-likeness (QED) is 0.426. The van der Waals surface area contributed by atoms with Crippen molar-refractivity contribution in [2.45, 2.75) is 43.3 Å². The summed E-state index contributed by atoms with van der Waals surface area (Å²) in [4.78, 5) is 29.2. The first-order valence-corrected chi connectivity index (χ1v) is 12.6. The second kappa shape index (κ2) is 11.2. The predicted molar refractivity (Wildman–Crippen MR) is 136 cm³/mol. The number of nitrogens with zero attached hydrogens (tertiary/aromatic N) is 1. The van der Waals surface area contributed by atoms with E-state index in [1.807, 2.05) is 41.3 Å². The van der Waals surface area contributed by atoms with Crippen LogP contribution in [0.1, 0.15) is 57.5 Å². The molecule has 0 spiro atoms. The number of aryl methyl sites for hydroxylation is 1. The van der Waals surface area contributed by atoms with Crippen molar-refractivity contribution in [1.29, 1.82) is 0 Å². The largest absolute Gasteiger partial charge is 0.339 e. The first-order valence-electron chi connectivity index (χ1n) is 11.6. The van der Waals surface area contributed by atoms with Gasteiger partial charge in [0.2, 0.25) is 0 Å². The number of hydrogen-bond acceptors (Lipinski definition) is 3. The number of amides is 2. The molecular weight excluding hydrogens is 428 g/mol. The van der Waals surface area contributed by atoms with Crippen molar-refractivity contribution in [3.63, 3.8) is 0 Å². The van der Waals surface area contributed by atoms with E-state index in [0.29, 0.717) is 16.8 Å². The smallest absolute Gasteiger partial charge is 0.255 e. The molecule has 2 amide bonds. The van der Waals surface area contributed by atoms with Gasteiger partial charge in [0.05, 0.1) is 11.3 Å². The molecular formula is C28H30N2O2S. The Bertz CT molecular complexity index is 1090. The molecule has 0 unspecified atom stereocenters. The van der Waals surface area contributed by atoms with Crippen molar-refractivity contribution in [2.75, 3.05) is 18.4 Å². The van der Waals surface area contributed by atoms with Gasteiger partial charge in [-0.3, -0.25) is 9.59 Å². The van der Waals surface area contributed by atoms with E-state index >= 15 is 0 Å². The number of rotatable bonds is 6. The lowest BCUT2D eigenvalue weighted by Gasteiger charge is -2.22. The summed E-state index contributed by atoms with van der Waals surface area (Å²) >= 11 is 1.78. The summed E-state index contributed by atoms with van der Waals surface area (Å²) in [6, 6.07) is 23.5. The molecule has 1 fully saturated rings. The average Bonchev–Trinajstić information content (AvgIpc) is 3.14. The van der Waals surface area contributed by atoms with Crippen molar-refractivity contribution in [2.24, 2.45) is 0 Å². The fraction of sp³-hybridized carbons (Fsp3) is 0.286. The number of para-hydroxylation sites is 1. The van der Waals surface area contributed by atoms with Gasteiger partial charge in [0, 0.05) is 29.3 Å². The summed E-state index contributed by atoms with van der Waals surface area (Å²) in [6.45, 7) is 3.65. The third-order valence-electron chi connectivity index (χ3n) is 5.94. The predicted octanol–water partition coefficient (Wildman–Crippen LogP) is 6.56.